The molecule has 26 heavy (non-hydrogen) atoms. The number of aryl methyl sites for hydroxylation is 1. The van der Waals surface area contributed by atoms with Crippen molar-refractivity contribution in [3.05, 3.63) is 60.2 Å². The molecule has 0 spiro atoms. The zero-order valence-electron chi connectivity index (χ0n) is 14.3. The smallest absolute Gasteiger partial charge is 0.274 e. The van der Waals surface area contributed by atoms with Crippen LogP contribution in [-0.4, -0.2) is 49.8 Å². The van der Waals surface area contributed by atoms with E-state index < -0.39 is 6.17 Å². The summed E-state index contributed by atoms with van der Waals surface area (Å²) in [5, 5.41) is 4.48. The van der Waals surface area contributed by atoms with Crippen LogP contribution in [0.2, 0.25) is 0 Å². The lowest BCUT2D eigenvalue weighted by atomic mass is 10.2. The highest BCUT2D eigenvalue weighted by Crippen LogP contribution is 2.24. The first-order chi connectivity index (χ1) is 12.6. The van der Waals surface area contributed by atoms with Crippen molar-refractivity contribution in [1.82, 2.24) is 24.6 Å². The quantitative estimate of drug-likeness (QED) is 0.728. The third-order valence-electron chi connectivity index (χ3n) is 4.41. The fourth-order valence-electron chi connectivity index (χ4n) is 3.03. The third kappa shape index (κ3) is 3.08. The summed E-state index contributed by atoms with van der Waals surface area (Å²) >= 11 is 0. The van der Waals surface area contributed by atoms with Crippen molar-refractivity contribution < 1.29 is 9.18 Å². The zero-order chi connectivity index (χ0) is 18.1. The number of alkyl halides is 1. The van der Waals surface area contributed by atoms with E-state index in [1.54, 1.807) is 23.1 Å². The lowest BCUT2D eigenvalue weighted by Gasteiger charge is -2.12. The van der Waals surface area contributed by atoms with E-state index in [4.69, 9.17) is 0 Å². The van der Waals surface area contributed by atoms with E-state index >= 15 is 0 Å². The molecule has 0 bridgehead atoms. The zero-order valence-corrected chi connectivity index (χ0v) is 14.3. The van der Waals surface area contributed by atoms with Crippen molar-refractivity contribution in [3.8, 4) is 17.1 Å². The Labute approximate surface area is 150 Å². The van der Waals surface area contributed by atoms with Gasteiger partial charge in [0.15, 0.2) is 5.69 Å². The molecule has 0 N–H and O–H groups in total. The number of likely N-dealkylation sites (tertiary alicyclic amines) is 1. The number of rotatable bonds is 3. The maximum Gasteiger partial charge on any atom is 0.274 e. The molecule has 0 unspecified atom stereocenters. The second-order valence-electron chi connectivity index (χ2n) is 6.34. The standard InChI is InChI=1S/C19H18FN5O/c1-13-5-6-15(11-22-13)25-18(16-4-2-3-8-21-16)10-17(23-25)19(26)24-9-7-14(20)12-24/h2-6,8,10-11,14H,7,9,12H2,1H3/t14-/m0/s1. The second kappa shape index (κ2) is 6.67. The average Bonchev–Trinajstić information content (AvgIpc) is 3.29. The molecule has 6 nitrogen and oxygen atoms in total. The van der Waals surface area contributed by atoms with Gasteiger partial charge in [-0.2, -0.15) is 5.10 Å². The van der Waals surface area contributed by atoms with Crippen LogP contribution in [0, 0.1) is 6.92 Å². The molecule has 4 rings (SSSR count). The summed E-state index contributed by atoms with van der Waals surface area (Å²) in [6.45, 7) is 2.44. The summed E-state index contributed by atoms with van der Waals surface area (Å²) in [7, 11) is 0. The number of hydrogen-bond donors (Lipinski definition) is 0. The van der Waals surface area contributed by atoms with Crippen molar-refractivity contribution in [2.45, 2.75) is 19.5 Å². The number of halogens is 1. The van der Waals surface area contributed by atoms with Crippen LogP contribution in [0.25, 0.3) is 17.1 Å². The van der Waals surface area contributed by atoms with Gasteiger partial charge in [-0.05, 0) is 43.7 Å². The Bertz CT molecular complexity index is 923. The van der Waals surface area contributed by atoms with Gasteiger partial charge < -0.3 is 4.90 Å². The maximum absolute atomic E-state index is 13.5. The van der Waals surface area contributed by atoms with E-state index in [2.05, 4.69) is 15.1 Å². The number of hydrogen-bond acceptors (Lipinski definition) is 4. The Balaban J connectivity index is 1.77. The SMILES string of the molecule is Cc1ccc(-n2nc(C(=O)N3CC[C@H](F)C3)cc2-c2ccccn2)cn1. The molecule has 1 fully saturated rings. The van der Waals surface area contributed by atoms with Crippen molar-refractivity contribution >= 4 is 5.91 Å². The Kier molecular flexibility index (Phi) is 4.20. The molecule has 0 aliphatic carbocycles. The van der Waals surface area contributed by atoms with E-state index in [0.717, 1.165) is 11.4 Å². The normalized spacial score (nSPS) is 16.8. The van der Waals surface area contributed by atoms with Crippen LogP contribution >= 0.6 is 0 Å². The highest BCUT2D eigenvalue weighted by atomic mass is 19.1. The molecule has 0 aromatic carbocycles. The number of carbonyl (C=O) groups excluding carboxylic acids is 1. The summed E-state index contributed by atoms with van der Waals surface area (Å²) in [6.07, 6.45) is 2.81. The predicted molar refractivity (Wildman–Crippen MR) is 94.7 cm³/mol. The first-order valence-corrected chi connectivity index (χ1v) is 8.49. The molecule has 0 saturated carbocycles. The van der Waals surface area contributed by atoms with Crippen LogP contribution in [0.4, 0.5) is 4.39 Å². The highest BCUT2D eigenvalue weighted by Gasteiger charge is 2.29. The second-order valence-corrected chi connectivity index (χ2v) is 6.34. The van der Waals surface area contributed by atoms with Crippen molar-refractivity contribution in [1.29, 1.82) is 0 Å². The fraction of sp³-hybridized carbons (Fsp3) is 0.263. The predicted octanol–water partition coefficient (Wildman–Crippen LogP) is 2.82. The maximum atomic E-state index is 13.5. The molecule has 0 radical (unpaired) electrons. The Morgan fingerprint density at radius 1 is 1.23 bits per heavy atom. The van der Waals surface area contributed by atoms with Crippen LogP contribution in [-0.2, 0) is 0 Å². The highest BCUT2D eigenvalue weighted by molar-refractivity contribution is 5.93. The molecule has 4 heterocycles. The van der Waals surface area contributed by atoms with Crippen LogP contribution in [0.1, 0.15) is 22.6 Å². The molecule has 132 valence electrons. The first-order valence-electron chi connectivity index (χ1n) is 8.49. The Hall–Kier alpha value is -3.09. The van der Waals surface area contributed by atoms with E-state index in [0.29, 0.717) is 24.4 Å². The minimum Gasteiger partial charge on any atom is -0.334 e. The molecule has 7 heteroatoms. The van der Waals surface area contributed by atoms with Gasteiger partial charge in [0.05, 0.1) is 29.8 Å². The van der Waals surface area contributed by atoms with Gasteiger partial charge in [0.2, 0.25) is 0 Å². The van der Waals surface area contributed by atoms with Gasteiger partial charge in [-0.1, -0.05) is 6.07 Å². The van der Waals surface area contributed by atoms with Gasteiger partial charge in [0.25, 0.3) is 5.91 Å². The summed E-state index contributed by atoms with van der Waals surface area (Å²) < 4.78 is 15.1. The fourth-order valence-corrected chi connectivity index (χ4v) is 3.03. The average molecular weight is 351 g/mol. The summed E-state index contributed by atoms with van der Waals surface area (Å²) in [5.74, 6) is -0.263. The topological polar surface area (TPSA) is 63.9 Å². The molecule has 3 aromatic heterocycles. The molecule has 1 amide bonds. The van der Waals surface area contributed by atoms with Gasteiger partial charge in [-0.25, -0.2) is 9.07 Å². The number of amides is 1. The molecule has 1 aliphatic rings. The van der Waals surface area contributed by atoms with Gasteiger partial charge >= 0.3 is 0 Å². The number of carbonyl (C=O) groups is 1. The third-order valence-corrected chi connectivity index (χ3v) is 4.41. The van der Waals surface area contributed by atoms with Gasteiger partial charge in [0, 0.05) is 18.4 Å². The minimum atomic E-state index is -0.961. The molecular formula is C19H18FN5O. The van der Waals surface area contributed by atoms with E-state index in [9.17, 15) is 9.18 Å². The lowest BCUT2D eigenvalue weighted by Crippen LogP contribution is -2.29. The van der Waals surface area contributed by atoms with Gasteiger partial charge in [-0.15, -0.1) is 0 Å². The summed E-state index contributed by atoms with van der Waals surface area (Å²) in [6, 6.07) is 11.0. The summed E-state index contributed by atoms with van der Waals surface area (Å²) in [4.78, 5) is 22.9. The number of nitrogens with zero attached hydrogens (tertiary/aromatic N) is 5. The van der Waals surface area contributed by atoms with Crippen molar-refractivity contribution in [2.75, 3.05) is 13.1 Å². The van der Waals surface area contributed by atoms with E-state index in [-0.39, 0.29) is 18.1 Å². The monoisotopic (exact) mass is 351 g/mol. The Morgan fingerprint density at radius 2 is 2.12 bits per heavy atom. The van der Waals surface area contributed by atoms with Crippen molar-refractivity contribution in [2.24, 2.45) is 0 Å². The lowest BCUT2D eigenvalue weighted by molar-refractivity contribution is 0.0776. The summed E-state index contributed by atoms with van der Waals surface area (Å²) in [5.41, 5.74) is 3.29. The van der Waals surface area contributed by atoms with Gasteiger partial charge in [-0.3, -0.25) is 14.8 Å². The van der Waals surface area contributed by atoms with Crippen molar-refractivity contribution in [3.63, 3.8) is 0 Å². The first kappa shape index (κ1) is 16.4. The van der Waals surface area contributed by atoms with E-state index in [1.165, 1.54) is 4.90 Å². The molecule has 1 atom stereocenters. The largest absolute Gasteiger partial charge is 0.334 e. The van der Waals surface area contributed by atoms with Crippen LogP contribution in [0.15, 0.2) is 48.8 Å². The molecular weight excluding hydrogens is 333 g/mol. The van der Waals surface area contributed by atoms with E-state index in [1.807, 2.05) is 37.3 Å². The molecule has 1 aliphatic heterocycles. The molecule has 3 aromatic rings. The number of pyridine rings is 2. The number of aromatic nitrogens is 4. The van der Waals surface area contributed by atoms with Crippen LogP contribution < -0.4 is 0 Å². The van der Waals surface area contributed by atoms with Crippen LogP contribution in [0.3, 0.4) is 0 Å². The van der Waals surface area contributed by atoms with Crippen LogP contribution in [0.5, 0.6) is 0 Å². The van der Waals surface area contributed by atoms with Gasteiger partial charge in [0.1, 0.15) is 6.17 Å². The minimum absolute atomic E-state index is 0.122. The Morgan fingerprint density at radius 3 is 2.77 bits per heavy atom. The molecule has 1 saturated heterocycles.